The van der Waals surface area contributed by atoms with Crippen molar-refractivity contribution in [3.05, 3.63) is 57.2 Å². The quantitative estimate of drug-likeness (QED) is 0.456. The Balaban J connectivity index is 2.15. The SMILES string of the molecule is C[C@@H](OC(=O)c1cc([N+](=O)[O-])ccc1N(C)C)C(=O)Nc1ccc(Cl)cn1. The minimum atomic E-state index is -1.15. The fraction of sp³-hybridized carbons (Fsp3) is 0.235. The Hall–Kier alpha value is -3.20. The van der Waals surface area contributed by atoms with Crippen LogP contribution in [0.2, 0.25) is 5.02 Å². The van der Waals surface area contributed by atoms with Crippen molar-refractivity contribution in [3.8, 4) is 0 Å². The number of nitro groups is 1. The molecule has 0 radical (unpaired) electrons. The van der Waals surface area contributed by atoms with E-state index in [0.717, 1.165) is 6.07 Å². The van der Waals surface area contributed by atoms with Crippen LogP contribution in [0.3, 0.4) is 0 Å². The fourth-order valence-electron chi connectivity index (χ4n) is 2.15. The van der Waals surface area contributed by atoms with Crippen molar-refractivity contribution in [2.75, 3.05) is 24.3 Å². The van der Waals surface area contributed by atoms with Gasteiger partial charge in [-0.15, -0.1) is 0 Å². The van der Waals surface area contributed by atoms with Crippen LogP contribution in [0.25, 0.3) is 0 Å². The van der Waals surface area contributed by atoms with Crippen LogP contribution in [0.4, 0.5) is 17.2 Å². The molecule has 0 saturated carbocycles. The van der Waals surface area contributed by atoms with E-state index in [-0.39, 0.29) is 17.1 Å². The van der Waals surface area contributed by atoms with Crippen molar-refractivity contribution in [3.63, 3.8) is 0 Å². The number of nitro benzene ring substituents is 1. The third kappa shape index (κ3) is 5.14. The predicted octanol–water partition coefficient (Wildman–Crippen LogP) is 2.89. The molecule has 10 heteroatoms. The lowest BCUT2D eigenvalue weighted by atomic mass is 10.1. The summed E-state index contributed by atoms with van der Waals surface area (Å²) < 4.78 is 5.17. The number of carbonyl (C=O) groups is 2. The van der Waals surface area contributed by atoms with Crippen LogP contribution in [-0.4, -0.2) is 42.0 Å². The Morgan fingerprint density at radius 1 is 1.30 bits per heavy atom. The molecule has 1 heterocycles. The van der Waals surface area contributed by atoms with E-state index >= 15 is 0 Å². The third-order valence-electron chi connectivity index (χ3n) is 3.52. The molecule has 0 aliphatic heterocycles. The first-order valence-electron chi connectivity index (χ1n) is 7.78. The summed E-state index contributed by atoms with van der Waals surface area (Å²) in [5.41, 5.74) is 0.158. The van der Waals surface area contributed by atoms with E-state index in [4.69, 9.17) is 16.3 Å². The second-order valence-electron chi connectivity index (χ2n) is 5.75. The maximum atomic E-state index is 12.5. The van der Waals surface area contributed by atoms with Crippen molar-refractivity contribution in [1.82, 2.24) is 4.98 Å². The van der Waals surface area contributed by atoms with Gasteiger partial charge in [-0.3, -0.25) is 14.9 Å². The zero-order valence-corrected chi connectivity index (χ0v) is 15.6. The van der Waals surface area contributed by atoms with E-state index in [9.17, 15) is 19.7 Å². The number of hydrogen-bond donors (Lipinski definition) is 1. The van der Waals surface area contributed by atoms with Gasteiger partial charge in [-0.25, -0.2) is 9.78 Å². The van der Waals surface area contributed by atoms with Crippen molar-refractivity contribution in [2.24, 2.45) is 0 Å². The first kappa shape index (κ1) is 20.1. The number of anilines is 2. The lowest BCUT2D eigenvalue weighted by Crippen LogP contribution is -2.30. The minimum Gasteiger partial charge on any atom is -0.449 e. The number of aromatic nitrogens is 1. The number of nitrogens with zero attached hydrogens (tertiary/aromatic N) is 3. The molecule has 1 atom stereocenters. The monoisotopic (exact) mass is 392 g/mol. The first-order chi connectivity index (χ1) is 12.7. The summed E-state index contributed by atoms with van der Waals surface area (Å²) in [7, 11) is 3.36. The highest BCUT2D eigenvalue weighted by Crippen LogP contribution is 2.25. The van der Waals surface area contributed by atoms with E-state index < -0.39 is 22.9 Å². The zero-order chi connectivity index (χ0) is 20.1. The molecule has 0 fully saturated rings. The van der Waals surface area contributed by atoms with Crippen molar-refractivity contribution in [2.45, 2.75) is 13.0 Å². The molecule has 0 bridgehead atoms. The molecular formula is C17H17ClN4O5. The maximum absolute atomic E-state index is 12.5. The average molecular weight is 393 g/mol. The summed E-state index contributed by atoms with van der Waals surface area (Å²) in [6.45, 7) is 1.38. The molecule has 142 valence electrons. The Labute approximate surface area is 160 Å². The van der Waals surface area contributed by atoms with E-state index in [1.54, 1.807) is 25.1 Å². The number of halogens is 1. The molecule has 9 nitrogen and oxygen atoms in total. The van der Waals surface area contributed by atoms with Gasteiger partial charge in [0, 0.05) is 32.4 Å². The topological polar surface area (TPSA) is 115 Å². The number of amides is 1. The van der Waals surface area contributed by atoms with Gasteiger partial charge in [0.05, 0.1) is 21.2 Å². The Bertz CT molecular complexity index is 870. The number of carbonyl (C=O) groups excluding carboxylic acids is 2. The van der Waals surface area contributed by atoms with E-state index in [1.807, 2.05) is 0 Å². The van der Waals surface area contributed by atoms with E-state index in [2.05, 4.69) is 10.3 Å². The molecule has 0 saturated heterocycles. The van der Waals surface area contributed by atoms with Crippen molar-refractivity contribution in [1.29, 1.82) is 0 Å². The van der Waals surface area contributed by atoms with Gasteiger partial charge in [0.25, 0.3) is 11.6 Å². The molecule has 1 N–H and O–H groups in total. The molecule has 1 aromatic carbocycles. The largest absolute Gasteiger partial charge is 0.449 e. The van der Waals surface area contributed by atoms with Gasteiger partial charge in [0.15, 0.2) is 6.10 Å². The van der Waals surface area contributed by atoms with Gasteiger partial charge in [0.2, 0.25) is 0 Å². The number of ether oxygens (including phenoxy) is 1. The third-order valence-corrected chi connectivity index (χ3v) is 3.75. The summed E-state index contributed by atoms with van der Waals surface area (Å²) >= 11 is 5.73. The second kappa shape index (κ2) is 8.45. The molecule has 0 unspecified atom stereocenters. The van der Waals surface area contributed by atoms with Gasteiger partial charge in [-0.05, 0) is 25.1 Å². The summed E-state index contributed by atoms with van der Waals surface area (Å²) in [5, 5.41) is 13.9. The number of nitrogens with one attached hydrogen (secondary N) is 1. The van der Waals surface area contributed by atoms with Crippen LogP contribution >= 0.6 is 11.6 Å². The number of rotatable bonds is 6. The number of pyridine rings is 1. The molecule has 27 heavy (non-hydrogen) atoms. The Kier molecular flexibility index (Phi) is 6.30. The molecule has 1 aromatic heterocycles. The highest BCUT2D eigenvalue weighted by molar-refractivity contribution is 6.30. The highest BCUT2D eigenvalue weighted by atomic mass is 35.5. The lowest BCUT2D eigenvalue weighted by Gasteiger charge is -2.18. The minimum absolute atomic E-state index is 0.0153. The Morgan fingerprint density at radius 2 is 2.00 bits per heavy atom. The van der Waals surface area contributed by atoms with Crippen LogP contribution in [0, 0.1) is 10.1 Å². The van der Waals surface area contributed by atoms with Gasteiger partial charge >= 0.3 is 5.97 Å². The average Bonchev–Trinajstić information content (AvgIpc) is 2.62. The van der Waals surface area contributed by atoms with Gasteiger partial charge in [-0.2, -0.15) is 0 Å². The summed E-state index contributed by atoms with van der Waals surface area (Å²) in [6, 6.07) is 6.89. The van der Waals surface area contributed by atoms with Crippen LogP contribution in [-0.2, 0) is 9.53 Å². The molecular weight excluding hydrogens is 376 g/mol. The number of non-ortho nitro benzene ring substituents is 1. The number of hydrogen-bond acceptors (Lipinski definition) is 7. The van der Waals surface area contributed by atoms with Crippen LogP contribution in [0.1, 0.15) is 17.3 Å². The van der Waals surface area contributed by atoms with Crippen LogP contribution in [0.5, 0.6) is 0 Å². The molecule has 0 aliphatic rings. The van der Waals surface area contributed by atoms with E-state index in [0.29, 0.717) is 10.7 Å². The zero-order valence-electron chi connectivity index (χ0n) is 14.8. The summed E-state index contributed by atoms with van der Waals surface area (Å²) in [4.78, 5) is 40.5. The van der Waals surface area contributed by atoms with Crippen molar-refractivity contribution < 1.29 is 19.2 Å². The summed E-state index contributed by atoms with van der Waals surface area (Å²) in [5.74, 6) is -1.21. The van der Waals surface area contributed by atoms with E-state index in [1.165, 1.54) is 31.3 Å². The predicted molar refractivity (Wildman–Crippen MR) is 100 cm³/mol. The van der Waals surface area contributed by atoms with Crippen LogP contribution in [0.15, 0.2) is 36.5 Å². The normalized spacial score (nSPS) is 11.4. The van der Waals surface area contributed by atoms with Crippen molar-refractivity contribution >= 4 is 40.7 Å². The van der Waals surface area contributed by atoms with Crippen LogP contribution < -0.4 is 10.2 Å². The Morgan fingerprint density at radius 3 is 2.56 bits per heavy atom. The van der Waals surface area contributed by atoms with Gasteiger partial charge < -0.3 is 15.0 Å². The van der Waals surface area contributed by atoms with Gasteiger partial charge in [0.1, 0.15) is 5.82 Å². The number of esters is 1. The second-order valence-corrected chi connectivity index (χ2v) is 6.19. The molecule has 2 rings (SSSR count). The highest BCUT2D eigenvalue weighted by Gasteiger charge is 2.24. The molecule has 1 amide bonds. The molecule has 2 aromatic rings. The first-order valence-corrected chi connectivity index (χ1v) is 8.16. The molecule has 0 spiro atoms. The molecule has 0 aliphatic carbocycles. The fourth-order valence-corrected chi connectivity index (χ4v) is 2.26. The summed E-state index contributed by atoms with van der Waals surface area (Å²) in [6.07, 6.45) is 0.213. The maximum Gasteiger partial charge on any atom is 0.341 e. The smallest absolute Gasteiger partial charge is 0.341 e. The van der Waals surface area contributed by atoms with Gasteiger partial charge in [-0.1, -0.05) is 11.6 Å². The number of benzene rings is 1. The lowest BCUT2D eigenvalue weighted by molar-refractivity contribution is -0.384. The standard InChI is InChI=1S/C17H17ClN4O5/c1-10(16(23)20-15-7-4-11(18)9-19-15)27-17(24)13-8-12(22(25)26)5-6-14(13)21(2)3/h4-10H,1-3H3,(H,19,20,23)/t10-/m1/s1.